The second-order valence-electron chi connectivity index (χ2n) is 3.50. The Labute approximate surface area is 79.2 Å². The summed E-state index contributed by atoms with van der Waals surface area (Å²) >= 11 is 0. The molecule has 1 N–H and O–H groups in total. The van der Waals surface area contributed by atoms with Gasteiger partial charge in [0, 0.05) is 26.2 Å². The van der Waals surface area contributed by atoms with Crippen LogP contribution in [-0.4, -0.2) is 57.5 Å². The topological polar surface area (TPSA) is 24.5 Å². The Balaban J connectivity index is 2.07. The van der Waals surface area contributed by atoms with E-state index >= 15 is 0 Å². The third kappa shape index (κ3) is 4.55. The number of nitrogens with one attached hydrogen (secondary N) is 1. The van der Waals surface area contributed by atoms with Gasteiger partial charge in [-0.2, -0.15) is 0 Å². The Morgan fingerprint density at radius 3 is 3.08 bits per heavy atom. The molecule has 1 rings (SSSR count). The maximum atomic E-state index is 11.9. The predicted molar refractivity (Wildman–Crippen MR) is 50.7 cm³/mol. The number of alkyl halides is 1. The highest BCUT2D eigenvalue weighted by atomic mass is 19.1. The summed E-state index contributed by atoms with van der Waals surface area (Å²) in [5.74, 6) is 0. The molecule has 0 saturated carbocycles. The molecule has 0 amide bonds. The fraction of sp³-hybridized carbons (Fsp3) is 1.00. The van der Waals surface area contributed by atoms with Gasteiger partial charge in [-0.3, -0.25) is 4.39 Å². The zero-order chi connectivity index (χ0) is 9.52. The van der Waals surface area contributed by atoms with Gasteiger partial charge in [0.25, 0.3) is 0 Å². The maximum Gasteiger partial charge on any atom is 0.0906 e. The molecular formula is C9H19FN2O. The molecule has 0 aromatic rings. The van der Waals surface area contributed by atoms with E-state index in [0.29, 0.717) is 6.42 Å². The maximum absolute atomic E-state index is 11.9. The van der Waals surface area contributed by atoms with Crippen LogP contribution in [0.15, 0.2) is 0 Å². The molecule has 0 aromatic carbocycles. The quantitative estimate of drug-likeness (QED) is 0.673. The number of likely N-dealkylation sites (N-methyl/N-ethyl adjacent to an activating group) is 1. The van der Waals surface area contributed by atoms with Crippen molar-refractivity contribution in [2.24, 2.45) is 0 Å². The van der Waals surface area contributed by atoms with Crippen molar-refractivity contribution in [2.45, 2.75) is 12.5 Å². The van der Waals surface area contributed by atoms with Gasteiger partial charge in [-0.15, -0.1) is 0 Å². The zero-order valence-corrected chi connectivity index (χ0v) is 8.26. The lowest BCUT2D eigenvalue weighted by Crippen LogP contribution is -2.44. The average molecular weight is 190 g/mol. The second kappa shape index (κ2) is 6.29. The first-order chi connectivity index (χ1) is 6.33. The van der Waals surface area contributed by atoms with Crippen LogP contribution in [0.2, 0.25) is 0 Å². The van der Waals surface area contributed by atoms with Crippen molar-refractivity contribution in [1.29, 1.82) is 0 Å². The summed E-state index contributed by atoms with van der Waals surface area (Å²) in [6.07, 6.45) is 0.898. The lowest BCUT2D eigenvalue weighted by atomic mass is 10.3. The minimum absolute atomic E-state index is 0.228. The number of morpholine rings is 1. The summed E-state index contributed by atoms with van der Waals surface area (Å²) in [7, 11) is 2.01. The molecule has 1 heterocycles. The van der Waals surface area contributed by atoms with Gasteiger partial charge in [0.2, 0.25) is 0 Å². The number of hydrogen-bond donors (Lipinski definition) is 1. The number of halogens is 1. The smallest absolute Gasteiger partial charge is 0.0906 e. The molecular weight excluding hydrogens is 171 g/mol. The fourth-order valence-electron chi connectivity index (χ4n) is 1.51. The molecule has 0 aliphatic carbocycles. The van der Waals surface area contributed by atoms with E-state index in [2.05, 4.69) is 10.2 Å². The predicted octanol–water partition coefficient (Wildman–Crippen LogP) is 0.266. The van der Waals surface area contributed by atoms with Gasteiger partial charge in [-0.05, 0) is 13.5 Å². The lowest BCUT2D eigenvalue weighted by Gasteiger charge is -2.27. The molecule has 3 nitrogen and oxygen atoms in total. The van der Waals surface area contributed by atoms with E-state index in [-0.39, 0.29) is 12.8 Å². The van der Waals surface area contributed by atoms with Crippen molar-refractivity contribution in [3.05, 3.63) is 0 Å². The second-order valence-corrected chi connectivity index (χ2v) is 3.50. The molecule has 4 heteroatoms. The van der Waals surface area contributed by atoms with Gasteiger partial charge in [-0.25, -0.2) is 0 Å². The van der Waals surface area contributed by atoms with Crippen molar-refractivity contribution in [3.63, 3.8) is 0 Å². The van der Waals surface area contributed by atoms with Gasteiger partial charge in [0.15, 0.2) is 0 Å². The van der Waals surface area contributed by atoms with Crippen molar-refractivity contribution in [2.75, 3.05) is 46.5 Å². The lowest BCUT2D eigenvalue weighted by molar-refractivity contribution is 0.00973. The van der Waals surface area contributed by atoms with Gasteiger partial charge >= 0.3 is 0 Å². The Kier molecular flexibility index (Phi) is 5.27. The molecule has 1 aliphatic rings. The first-order valence-electron chi connectivity index (χ1n) is 4.89. The molecule has 13 heavy (non-hydrogen) atoms. The summed E-state index contributed by atoms with van der Waals surface area (Å²) in [5.41, 5.74) is 0. The molecule has 1 saturated heterocycles. The third-order valence-electron chi connectivity index (χ3n) is 2.19. The van der Waals surface area contributed by atoms with Crippen LogP contribution in [0, 0.1) is 0 Å². The molecule has 1 aliphatic heterocycles. The first-order valence-corrected chi connectivity index (χ1v) is 4.89. The SMILES string of the molecule is CN(CCCF)CC1CNCCO1. The summed E-state index contributed by atoms with van der Waals surface area (Å²) in [6.45, 7) is 4.14. The summed E-state index contributed by atoms with van der Waals surface area (Å²) in [6, 6.07) is 0. The molecule has 0 aromatic heterocycles. The number of nitrogens with zero attached hydrogens (tertiary/aromatic N) is 1. The van der Waals surface area contributed by atoms with Crippen LogP contribution in [0.25, 0.3) is 0 Å². The minimum atomic E-state index is -0.228. The Hall–Kier alpha value is -0.190. The molecule has 1 atom stereocenters. The molecule has 1 fully saturated rings. The normalized spacial score (nSPS) is 23.8. The van der Waals surface area contributed by atoms with Crippen LogP contribution >= 0.6 is 0 Å². The fourth-order valence-corrected chi connectivity index (χ4v) is 1.51. The van der Waals surface area contributed by atoms with E-state index in [0.717, 1.165) is 32.8 Å². The molecule has 0 spiro atoms. The standard InChI is InChI=1S/C9H19FN2O/c1-12(5-2-3-10)8-9-7-11-4-6-13-9/h9,11H,2-8H2,1H3. The van der Waals surface area contributed by atoms with E-state index in [1.54, 1.807) is 0 Å². The highest BCUT2D eigenvalue weighted by Crippen LogP contribution is 1.99. The first kappa shape index (κ1) is 10.9. The molecule has 0 radical (unpaired) electrons. The zero-order valence-electron chi connectivity index (χ0n) is 8.26. The summed E-state index contributed by atoms with van der Waals surface area (Å²) in [4.78, 5) is 2.12. The van der Waals surface area contributed by atoms with E-state index in [1.165, 1.54) is 0 Å². The van der Waals surface area contributed by atoms with Crippen molar-refractivity contribution < 1.29 is 9.13 Å². The van der Waals surface area contributed by atoms with Gasteiger partial charge in [0.05, 0.1) is 19.4 Å². The summed E-state index contributed by atoms with van der Waals surface area (Å²) in [5, 5.41) is 3.27. The number of ether oxygens (including phenoxy) is 1. The van der Waals surface area contributed by atoms with Crippen LogP contribution in [-0.2, 0) is 4.74 Å². The minimum Gasteiger partial charge on any atom is -0.374 e. The van der Waals surface area contributed by atoms with Crippen LogP contribution < -0.4 is 5.32 Å². The van der Waals surface area contributed by atoms with Crippen molar-refractivity contribution in [3.8, 4) is 0 Å². The van der Waals surface area contributed by atoms with Crippen LogP contribution in [0.1, 0.15) is 6.42 Å². The highest BCUT2D eigenvalue weighted by molar-refractivity contribution is 4.70. The van der Waals surface area contributed by atoms with Crippen LogP contribution in [0.4, 0.5) is 4.39 Å². The molecule has 1 unspecified atom stereocenters. The summed E-state index contributed by atoms with van der Waals surface area (Å²) < 4.78 is 17.4. The van der Waals surface area contributed by atoms with Crippen molar-refractivity contribution >= 4 is 0 Å². The van der Waals surface area contributed by atoms with E-state index in [4.69, 9.17) is 4.74 Å². The Morgan fingerprint density at radius 1 is 1.62 bits per heavy atom. The van der Waals surface area contributed by atoms with Crippen molar-refractivity contribution in [1.82, 2.24) is 10.2 Å². The highest BCUT2D eigenvalue weighted by Gasteiger charge is 2.14. The monoisotopic (exact) mass is 190 g/mol. The van der Waals surface area contributed by atoms with Crippen LogP contribution in [0.3, 0.4) is 0 Å². The van der Waals surface area contributed by atoms with E-state index in [9.17, 15) is 4.39 Å². The molecule has 78 valence electrons. The van der Waals surface area contributed by atoms with Crippen LogP contribution in [0.5, 0.6) is 0 Å². The Bertz CT molecular complexity index is 129. The van der Waals surface area contributed by atoms with Gasteiger partial charge in [0.1, 0.15) is 0 Å². The van der Waals surface area contributed by atoms with Gasteiger partial charge in [-0.1, -0.05) is 0 Å². The van der Waals surface area contributed by atoms with Gasteiger partial charge < -0.3 is 15.0 Å². The number of hydrogen-bond acceptors (Lipinski definition) is 3. The van der Waals surface area contributed by atoms with E-state index < -0.39 is 0 Å². The molecule has 0 bridgehead atoms. The number of rotatable bonds is 5. The largest absolute Gasteiger partial charge is 0.374 e. The average Bonchev–Trinajstić information content (AvgIpc) is 2.16. The Morgan fingerprint density at radius 2 is 2.46 bits per heavy atom. The van der Waals surface area contributed by atoms with E-state index in [1.807, 2.05) is 7.05 Å². The third-order valence-corrected chi connectivity index (χ3v) is 2.19.